The van der Waals surface area contributed by atoms with E-state index in [4.69, 9.17) is 23.2 Å². The highest BCUT2D eigenvalue weighted by atomic mass is 127. The van der Waals surface area contributed by atoms with Gasteiger partial charge in [0.25, 0.3) is 0 Å². The molecule has 1 aromatic heterocycles. The summed E-state index contributed by atoms with van der Waals surface area (Å²) in [5.74, 6) is 0. The highest BCUT2D eigenvalue weighted by molar-refractivity contribution is 14.1. The van der Waals surface area contributed by atoms with Crippen LogP contribution >= 0.6 is 57.3 Å². The lowest BCUT2D eigenvalue weighted by atomic mass is 10.2. The van der Waals surface area contributed by atoms with Crippen LogP contribution in [0.1, 0.15) is 0 Å². The molecule has 0 atom stereocenters. The van der Waals surface area contributed by atoms with Crippen LogP contribution in [0.5, 0.6) is 0 Å². The lowest BCUT2D eigenvalue weighted by Gasteiger charge is -2.00. The van der Waals surface area contributed by atoms with Gasteiger partial charge in [-0.05, 0) is 17.6 Å². The van der Waals surface area contributed by atoms with E-state index in [0.717, 1.165) is 14.4 Å². The minimum absolute atomic E-state index is 0.529. The predicted octanol–water partition coefficient (Wildman–Crippen LogP) is 4.12. The van der Waals surface area contributed by atoms with E-state index in [0.29, 0.717) is 10.0 Å². The first kappa shape index (κ1) is 10.6. The van der Waals surface area contributed by atoms with E-state index in [-0.39, 0.29) is 0 Å². The number of aromatic nitrogens is 2. The third-order valence-electron chi connectivity index (χ3n) is 1.58. The fraction of sp³-hybridized carbons (Fsp3) is 0. The molecule has 6 heteroatoms. The standard InChI is InChI=1S/C8H3Cl2IN2S/c9-5-3-1-2-4(6(5)10)7-12-8(11)13-14-7/h1-3H. The summed E-state index contributed by atoms with van der Waals surface area (Å²) in [6, 6.07) is 5.47. The van der Waals surface area contributed by atoms with Crippen LogP contribution in [0.4, 0.5) is 0 Å². The quantitative estimate of drug-likeness (QED) is 0.718. The fourth-order valence-electron chi connectivity index (χ4n) is 0.984. The SMILES string of the molecule is Clc1cccc(-c2nc(I)ns2)c1Cl. The average molecular weight is 357 g/mol. The highest BCUT2D eigenvalue weighted by Crippen LogP contribution is 2.34. The Kier molecular flexibility index (Phi) is 3.26. The molecule has 0 aliphatic carbocycles. The van der Waals surface area contributed by atoms with E-state index in [1.807, 2.05) is 12.1 Å². The van der Waals surface area contributed by atoms with E-state index in [1.165, 1.54) is 11.5 Å². The molecule has 2 rings (SSSR count). The normalized spacial score (nSPS) is 10.5. The number of rotatable bonds is 1. The topological polar surface area (TPSA) is 25.8 Å². The second kappa shape index (κ2) is 4.30. The van der Waals surface area contributed by atoms with Gasteiger partial charge in [-0.1, -0.05) is 35.3 Å². The Morgan fingerprint density at radius 2 is 2.07 bits per heavy atom. The first-order valence-corrected chi connectivity index (χ1v) is 6.23. The number of hydrogen-bond acceptors (Lipinski definition) is 3. The average Bonchev–Trinajstić information content (AvgIpc) is 2.57. The first-order chi connectivity index (χ1) is 6.68. The number of halogens is 3. The van der Waals surface area contributed by atoms with E-state index in [9.17, 15) is 0 Å². The van der Waals surface area contributed by atoms with Crippen LogP contribution in [-0.2, 0) is 0 Å². The minimum Gasteiger partial charge on any atom is -0.210 e. The Bertz CT molecular complexity index is 472. The maximum absolute atomic E-state index is 6.04. The summed E-state index contributed by atoms with van der Waals surface area (Å²) in [5, 5.41) is 1.86. The molecular weight excluding hydrogens is 354 g/mol. The summed E-state index contributed by atoms with van der Waals surface area (Å²) < 4.78 is 4.80. The van der Waals surface area contributed by atoms with Gasteiger partial charge in [0.05, 0.1) is 10.0 Å². The van der Waals surface area contributed by atoms with Gasteiger partial charge >= 0.3 is 0 Å². The molecule has 72 valence electrons. The molecule has 0 saturated carbocycles. The molecule has 0 N–H and O–H groups in total. The second-order valence-electron chi connectivity index (χ2n) is 2.47. The van der Waals surface area contributed by atoms with Gasteiger partial charge in [-0.3, -0.25) is 0 Å². The Morgan fingerprint density at radius 1 is 1.29 bits per heavy atom. The first-order valence-electron chi connectivity index (χ1n) is 3.62. The van der Waals surface area contributed by atoms with Gasteiger partial charge in [-0.15, -0.1) is 0 Å². The van der Waals surface area contributed by atoms with Gasteiger partial charge in [-0.25, -0.2) is 4.98 Å². The van der Waals surface area contributed by atoms with Gasteiger partial charge in [-0.2, -0.15) is 4.37 Å². The molecule has 1 aromatic carbocycles. The maximum atomic E-state index is 6.04. The van der Waals surface area contributed by atoms with Crippen molar-refractivity contribution in [2.45, 2.75) is 0 Å². The summed E-state index contributed by atoms with van der Waals surface area (Å²) in [6.07, 6.45) is 0. The fourth-order valence-corrected chi connectivity index (χ4v) is 2.73. The zero-order chi connectivity index (χ0) is 10.1. The van der Waals surface area contributed by atoms with Crippen molar-refractivity contribution in [3.63, 3.8) is 0 Å². The van der Waals surface area contributed by atoms with Crippen molar-refractivity contribution < 1.29 is 0 Å². The third-order valence-corrected chi connectivity index (χ3v) is 3.96. The van der Waals surface area contributed by atoms with Gasteiger partial charge in [0.1, 0.15) is 5.01 Å². The van der Waals surface area contributed by atoms with Gasteiger partial charge in [0.15, 0.2) is 0 Å². The monoisotopic (exact) mass is 356 g/mol. The van der Waals surface area contributed by atoms with Crippen LogP contribution in [-0.4, -0.2) is 9.36 Å². The summed E-state index contributed by atoms with van der Waals surface area (Å²) in [7, 11) is 0. The van der Waals surface area contributed by atoms with Crippen molar-refractivity contribution >= 4 is 57.3 Å². The summed E-state index contributed by atoms with van der Waals surface area (Å²) in [5.41, 5.74) is 0.833. The molecule has 0 aliphatic rings. The summed E-state index contributed by atoms with van der Waals surface area (Å²) >= 11 is 15.3. The predicted molar refractivity (Wildman–Crippen MR) is 68.1 cm³/mol. The minimum atomic E-state index is 0.529. The molecule has 0 spiro atoms. The number of nitrogens with zero attached hydrogens (tertiary/aromatic N) is 2. The summed E-state index contributed by atoms with van der Waals surface area (Å²) in [4.78, 5) is 4.23. The summed E-state index contributed by atoms with van der Waals surface area (Å²) in [6.45, 7) is 0. The Labute approximate surface area is 109 Å². The lowest BCUT2D eigenvalue weighted by molar-refractivity contribution is 1.25. The highest BCUT2D eigenvalue weighted by Gasteiger charge is 2.10. The molecule has 0 bridgehead atoms. The molecule has 2 nitrogen and oxygen atoms in total. The molecule has 14 heavy (non-hydrogen) atoms. The van der Waals surface area contributed by atoms with Gasteiger partial charge in [0, 0.05) is 28.2 Å². The van der Waals surface area contributed by atoms with Crippen molar-refractivity contribution in [3.05, 3.63) is 32.1 Å². The molecule has 1 heterocycles. The molecule has 2 aromatic rings. The van der Waals surface area contributed by atoms with Crippen LogP contribution in [0.25, 0.3) is 10.6 Å². The van der Waals surface area contributed by atoms with Crippen LogP contribution in [0.3, 0.4) is 0 Å². The van der Waals surface area contributed by atoms with Crippen molar-refractivity contribution in [2.75, 3.05) is 0 Å². The van der Waals surface area contributed by atoms with Crippen LogP contribution in [0.15, 0.2) is 18.2 Å². The maximum Gasteiger partial charge on any atom is 0.203 e. The van der Waals surface area contributed by atoms with E-state index < -0.39 is 0 Å². The van der Waals surface area contributed by atoms with Crippen LogP contribution in [0.2, 0.25) is 10.0 Å². The third kappa shape index (κ3) is 2.03. The Hall–Kier alpha value is 0.0900. The number of benzene rings is 1. The Balaban J connectivity index is 2.57. The number of hydrogen-bond donors (Lipinski definition) is 0. The molecule has 0 unspecified atom stereocenters. The van der Waals surface area contributed by atoms with Crippen LogP contribution < -0.4 is 0 Å². The van der Waals surface area contributed by atoms with E-state index in [1.54, 1.807) is 6.07 Å². The second-order valence-corrected chi connectivity index (χ2v) is 4.97. The van der Waals surface area contributed by atoms with Gasteiger partial charge < -0.3 is 0 Å². The van der Waals surface area contributed by atoms with Crippen LogP contribution in [0, 0.1) is 3.83 Å². The van der Waals surface area contributed by atoms with Crippen molar-refractivity contribution in [1.82, 2.24) is 9.36 Å². The molecular formula is C8H3Cl2IN2S. The largest absolute Gasteiger partial charge is 0.210 e. The molecule has 0 fully saturated rings. The Morgan fingerprint density at radius 3 is 2.71 bits per heavy atom. The van der Waals surface area contributed by atoms with Crippen molar-refractivity contribution in [3.8, 4) is 10.6 Å². The molecule has 0 amide bonds. The molecule has 0 radical (unpaired) electrons. The molecule has 0 saturated heterocycles. The molecule has 0 aliphatic heterocycles. The smallest absolute Gasteiger partial charge is 0.203 e. The van der Waals surface area contributed by atoms with Crippen molar-refractivity contribution in [1.29, 1.82) is 0 Å². The lowest BCUT2D eigenvalue weighted by Crippen LogP contribution is -1.79. The van der Waals surface area contributed by atoms with Gasteiger partial charge in [0.2, 0.25) is 3.83 Å². The zero-order valence-corrected chi connectivity index (χ0v) is 11.2. The zero-order valence-electron chi connectivity index (χ0n) is 6.67. The van der Waals surface area contributed by atoms with Crippen molar-refractivity contribution in [2.24, 2.45) is 0 Å². The van der Waals surface area contributed by atoms with E-state index in [2.05, 4.69) is 31.9 Å². The van der Waals surface area contributed by atoms with E-state index >= 15 is 0 Å².